The van der Waals surface area contributed by atoms with Gasteiger partial charge in [0.25, 0.3) is 11.8 Å². The Morgan fingerprint density at radius 1 is 1.26 bits per heavy atom. The lowest BCUT2D eigenvalue weighted by Crippen LogP contribution is -2.52. The first-order valence-electron chi connectivity index (χ1n) is 7.08. The van der Waals surface area contributed by atoms with Gasteiger partial charge >= 0.3 is 0 Å². The van der Waals surface area contributed by atoms with Crippen molar-refractivity contribution in [2.75, 3.05) is 13.1 Å². The van der Waals surface area contributed by atoms with Crippen LogP contribution in [0.2, 0.25) is 5.02 Å². The monoisotopic (exact) mass is 347 g/mol. The number of rotatable bonds is 7. The molecule has 128 valence electrons. The van der Waals surface area contributed by atoms with Crippen molar-refractivity contribution in [2.24, 2.45) is 11.7 Å². The van der Waals surface area contributed by atoms with Crippen LogP contribution in [0.15, 0.2) is 24.3 Å². The number of hydrogen-bond donors (Lipinski definition) is 3. The lowest BCUT2D eigenvalue weighted by molar-refractivity contribution is -0.125. The van der Waals surface area contributed by atoms with Gasteiger partial charge in [0.2, 0.25) is 5.91 Å². The highest BCUT2D eigenvalue weighted by Gasteiger charge is 2.30. The Kier molecular flexibility index (Phi) is 6.90. The summed E-state index contributed by atoms with van der Waals surface area (Å²) in [5.41, 5.74) is 5.24. The molecule has 1 aromatic rings. The molecule has 0 radical (unpaired) electrons. The van der Waals surface area contributed by atoms with Crippen molar-refractivity contribution in [3.8, 4) is 0 Å². The van der Waals surface area contributed by atoms with Crippen LogP contribution in [0.25, 0.3) is 0 Å². The molecule has 1 atom stereocenters. The molecule has 0 saturated carbocycles. The molecule has 0 bridgehead atoms. The summed E-state index contributed by atoms with van der Waals surface area (Å²) < 4.78 is 26.2. The second kappa shape index (κ2) is 8.21. The zero-order valence-electron chi connectivity index (χ0n) is 12.9. The van der Waals surface area contributed by atoms with E-state index in [1.807, 2.05) is 0 Å². The minimum Gasteiger partial charge on any atom is -0.348 e. The van der Waals surface area contributed by atoms with Crippen molar-refractivity contribution in [1.82, 2.24) is 10.6 Å². The second-order valence-electron chi connectivity index (χ2n) is 5.48. The molecular weight excluding hydrogens is 328 g/mol. The number of amides is 2. The summed E-state index contributed by atoms with van der Waals surface area (Å²) in [6.45, 7) is 1.67. The summed E-state index contributed by atoms with van der Waals surface area (Å²) in [5, 5.41) is 5.13. The first kappa shape index (κ1) is 19.3. The van der Waals surface area contributed by atoms with Crippen molar-refractivity contribution in [2.45, 2.75) is 25.8 Å². The summed E-state index contributed by atoms with van der Waals surface area (Å²) in [4.78, 5) is 24.2. The zero-order valence-corrected chi connectivity index (χ0v) is 13.7. The Morgan fingerprint density at radius 3 is 2.30 bits per heavy atom. The maximum absolute atomic E-state index is 13.1. The number of nitrogens with two attached hydrogens (primary N) is 1. The molecular formula is C15H20ClF2N3O2. The summed E-state index contributed by atoms with van der Waals surface area (Å²) in [6, 6.07) is 5.17. The molecule has 1 unspecified atom stereocenters. The fourth-order valence-corrected chi connectivity index (χ4v) is 1.89. The van der Waals surface area contributed by atoms with E-state index in [4.69, 9.17) is 17.3 Å². The molecule has 0 aromatic heterocycles. The standard InChI is InChI=1S/C15H20ClF2N3O2/c1-9(2)12(14(23)20-8-15(17,18)7-19)21-13(22)10-3-5-11(16)6-4-10/h3-6,9,12H,7-8,19H2,1-2H3,(H,20,23)(H,21,22). The van der Waals surface area contributed by atoms with E-state index >= 15 is 0 Å². The fraction of sp³-hybridized carbons (Fsp3) is 0.467. The number of alkyl halides is 2. The lowest BCUT2D eigenvalue weighted by Gasteiger charge is -2.23. The average molecular weight is 348 g/mol. The van der Waals surface area contributed by atoms with E-state index in [2.05, 4.69) is 10.6 Å². The Hall–Kier alpha value is -1.73. The van der Waals surface area contributed by atoms with Crippen LogP contribution in [0.4, 0.5) is 8.78 Å². The molecule has 23 heavy (non-hydrogen) atoms. The van der Waals surface area contributed by atoms with Gasteiger partial charge in [-0.25, -0.2) is 8.78 Å². The molecule has 5 nitrogen and oxygen atoms in total. The lowest BCUT2D eigenvalue weighted by atomic mass is 10.0. The Bertz CT molecular complexity index is 550. The molecule has 2 amide bonds. The van der Waals surface area contributed by atoms with Crippen LogP contribution in [-0.4, -0.2) is 36.9 Å². The van der Waals surface area contributed by atoms with Gasteiger partial charge in [-0.3, -0.25) is 9.59 Å². The second-order valence-corrected chi connectivity index (χ2v) is 5.92. The van der Waals surface area contributed by atoms with Gasteiger partial charge in [-0.2, -0.15) is 0 Å². The fourth-order valence-electron chi connectivity index (χ4n) is 1.76. The third kappa shape index (κ3) is 6.11. The van der Waals surface area contributed by atoms with Crippen molar-refractivity contribution in [3.05, 3.63) is 34.9 Å². The molecule has 0 aliphatic rings. The molecule has 1 rings (SSSR count). The van der Waals surface area contributed by atoms with Crippen LogP contribution < -0.4 is 16.4 Å². The van der Waals surface area contributed by atoms with E-state index < -0.39 is 36.9 Å². The minimum atomic E-state index is -3.18. The van der Waals surface area contributed by atoms with Crippen molar-refractivity contribution < 1.29 is 18.4 Å². The van der Waals surface area contributed by atoms with Crippen LogP contribution >= 0.6 is 11.6 Å². The number of hydrogen-bond acceptors (Lipinski definition) is 3. The first-order chi connectivity index (χ1) is 10.7. The molecule has 0 spiro atoms. The van der Waals surface area contributed by atoms with Gasteiger partial charge in [-0.1, -0.05) is 25.4 Å². The predicted molar refractivity (Wildman–Crippen MR) is 84.6 cm³/mol. The van der Waals surface area contributed by atoms with Crippen LogP contribution in [0, 0.1) is 5.92 Å². The molecule has 1 aromatic carbocycles. The van der Waals surface area contributed by atoms with Gasteiger partial charge in [-0.15, -0.1) is 0 Å². The SMILES string of the molecule is CC(C)C(NC(=O)c1ccc(Cl)cc1)C(=O)NCC(F)(F)CN. The van der Waals surface area contributed by atoms with Crippen molar-refractivity contribution in [1.29, 1.82) is 0 Å². The van der Waals surface area contributed by atoms with Crippen molar-refractivity contribution >= 4 is 23.4 Å². The Balaban J connectivity index is 2.72. The average Bonchev–Trinajstić information content (AvgIpc) is 2.50. The highest BCUT2D eigenvalue weighted by atomic mass is 35.5. The zero-order chi connectivity index (χ0) is 17.6. The molecule has 0 saturated heterocycles. The number of nitrogens with one attached hydrogen (secondary N) is 2. The van der Waals surface area contributed by atoms with E-state index in [0.29, 0.717) is 10.6 Å². The van der Waals surface area contributed by atoms with E-state index in [-0.39, 0.29) is 5.92 Å². The Labute approximate surface area is 138 Å². The van der Waals surface area contributed by atoms with E-state index in [1.54, 1.807) is 26.0 Å². The van der Waals surface area contributed by atoms with Gasteiger partial charge in [0.05, 0.1) is 13.1 Å². The van der Waals surface area contributed by atoms with Crippen molar-refractivity contribution in [3.63, 3.8) is 0 Å². The van der Waals surface area contributed by atoms with Gasteiger partial charge in [0.1, 0.15) is 6.04 Å². The van der Waals surface area contributed by atoms with Crippen LogP contribution in [-0.2, 0) is 4.79 Å². The molecule has 0 aliphatic carbocycles. The predicted octanol–water partition coefficient (Wildman–Crippen LogP) is 1.80. The molecule has 8 heteroatoms. The smallest absolute Gasteiger partial charge is 0.277 e. The van der Waals surface area contributed by atoms with Crippen LogP contribution in [0.3, 0.4) is 0 Å². The molecule has 0 fully saturated rings. The third-order valence-electron chi connectivity index (χ3n) is 3.16. The first-order valence-corrected chi connectivity index (χ1v) is 7.46. The normalized spacial score (nSPS) is 12.8. The van der Waals surface area contributed by atoms with E-state index in [9.17, 15) is 18.4 Å². The maximum atomic E-state index is 13.1. The molecule has 0 heterocycles. The summed E-state index contributed by atoms with van der Waals surface area (Å²) in [6.07, 6.45) is 0. The summed E-state index contributed by atoms with van der Waals surface area (Å²) in [7, 11) is 0. The minimum absolute atomic E-state index is 0.280. The molecule has 0 aliphatic heterocycles. The maximum Gasteiger partial charge on any atom is 0.277 e. The number of halogens is 3. The number of carbonyl (C=O) groups excluding carboxylic acids is 2. The van der Waals surface area contributed by atoms with E-state index in [0.717, 1.165) is 0 Å². The number of benzene rings is 1. The highest BCUT2D eigenvalue weighted by molar-refractivity contribution is 6.30. The van der Waals surface area contributed by atoms with Gasteiger partial charge < -0.3 is 16.4 Å². The molecule has 4 N–H and O–H groups in total. The quantitative estimate of drug-likeness (QED) is 0.703. The van der Waals surface area contributed by atoms with Gasteiger partial charge in [0.15, 0.2) is 0 Å². The highest BCUT2D eigenvalue weighted by Crippen LogP contribution is 2.12. The largest absolute Gasteiger partial charge is 0.348 e. The van der Waals surface area contributed by atoms with Crippen LogP contribution in [0.5, 0.6) is 0 Å². The summed E-state index contributed by atoms with van der Waals surface area (Å²) in [5.74, 6) is -4.63. The summed E-state index contributed by atoms with van der Waals surface area (Å²) >= 11 is 5.74. The van der Waals surface area contributed by atoms with E-state index in [1.165, 1.54) is 12.1 Å². The topological polar surface area (TPSA) is 84.2 Å². The third-order valence-corrected chi connectivity index (χ3v) is 3.41. The van der Waals surface area contributed by atoms with Gasteiger partial charge in [0, 0.05) is 10.6 Å². The Morgan fingerprint density at radius 2 is 1.83 bits per heavy atom. The van der Waals surface area contributed by atoms with Crippen LogP contribution in [0.1, 0.15) is 24.2 Å². The van der Waals surface area contributed by atoms with Gasteiger partial charge in [-0.05, 0) is 30.2 Å². The number of carbonyl (C=O) groups is 2.